The zero-order chi connectivity index (χ0) is 69.6. The van der Waals surface area contributed by atoms with E-state index in [4.69, 9.17) is 37.0 Å². The highest BCUT2D eigenvalue weighted by Crippen LogP contribution is 2.45. The molecule has 0 saturated heterocycles. The molecule has 19 heteroatoms. The predicted octanol–water partition coefficient (Wildman–Crippen LogP) is 21.7. The first kappa shape index (κ1) is 92.1. The SMILES string of the molecule is CC(C)CCCCCCCCCCCCCCCCCCC(=O)OC[C@H](COP(=O)(O)OC[C@@H](O)COP(=O)(O)OC[C@@H](COC(=O)CCCCCCCCC(C)C)OC(=O)CCCCCCCCCCCCCCC(C)C)OC(=O)CCCCCCCCCCC(C)C. The van der Waals surface area contributed by atoms with Crippen LogP contribution in [0.5, 0.6) is 0 Å². The minimum absolute atomic E-state index is 0.104. The average molecular weight is 1380 g/mol. The third-order valence-electron chi connectivity index (χ3n) is 17.3. The summed E-state index contributed by atoms with van der Waals surface area (Å²) in [5.41, 5.74) is 0. The first-order chi connectivity index (χ1) is 45.1. The lowest BCUT2D eigenvalue weighted by atomic mass is 10.0. The van der Waals surface area contributed by atoms with Gasteiger partial charge in [0.1, 0.15) is 19.3 Å². The number of ether oxygens (including phenoxy) is 4. The van der Waals surface area contributed by atoms with E-state index in [9.17, 15) is 43.2 Å². The number of unbranched alkanes of at least 4 members (excludes halogenated alkanes) is 38. The second-order valence-electron chi connectivity index (χ2n) is 28.9. The summed E-state index contributed by atoms with van der Waals surface area (Å²) in [4.78, 5) is 72.7. The molecule has 0 bridgehead atoms. The molecule has 0 aliphatic carbocycles. The van der Waals surface area contributed by atoms with Crippen LogP contribution in [0, 0.1) is 23.7 Å². The number of hydrogen-bond donors (Lipinski definition) is 3. The van der Waals surface area contributed by atoms with Gasteiger partial charge in [0.25, 0.3) is 0 Å². The van der Waals surface area contributed by atoms with Gasteiger partial charge in [-0.05, 0) is 49.4 Å². The molecule has 0 aliphatic rings. The van der Waals surface area contributed by atoms with Crippen molar-refractivity contribution in [2.24, 2.45) is 23.7 Å². The molecule has 0 amide bonds. The number of hydrogen-bond acceptors (Lipinski definition) is 15. The third-order valence-corrected chi connectivity index (χ3v) is 19.2. The van der Waals surface area contributed by atoms with Gasteiger partial charge in [0.05, 0.1) is 26.4 Å². The smallest absolute Gasteiger partial charge is 0.462 e. The Hall–Kier alpha value is -1.94. The van der Waals surface area contributed by atoms with E-state index in [-0.39, 0.29) is 25.7 Å². The molecule has 0 radical (unpaired) electrons. The third kappa shape index (κ3) is 68.6. The van der Waals surface area contributed by atoms with Crippen molar-refractivity contribution in [2.45, 2.75) is 395 Å². The van der Waals surface area contributed by atoms with Crippen LogP contribution in [-0.4, -0.2) is 96.7 Å². The van der Waals surface area contributed by atoms with E-state index in [1.54, 1.807) is 0 Å². The number of phosphoric acid groups is 2. The van der Waals surface area contributed by atoms with Crippen LogP contribution in [0.3, 0.4) is 0 Å². The van der Waals surface area contributed by atoms with Crippen molar-refractivity contribution in [1.29, 1.82) is 0 Å². The van der Waals surface area contributed by atoms with Gasteiger partial charge < -0.3 is 33.8 Å². The minimum atomic E-state index is -4.96. The van der Waals surface area contributed by atoms with E-state index in [1.807, 2.05) is 0 Å². The van der Waals surface area contributed by atoms with Gasteiger partial charge in [0, 0.05) is 25.7 Å². The normalized spacial score (nSPS) is 14.2. The van der Waals surface area contributed by atoms with E-state index in [0.717, 1.165) is 114 Å². The lowest BCUT2D eigenvalue weighted by molar-refractivity contribution is -0.161. The molecule has 0 spiro atoms. The predicted molar refractivity (Wildman–Crippen MR) is 381 cm³/mol. The Kier molecular flexibility index (Phi) is 63.1. The summed E-state index contributed by atoms with van der Waals surface area (Å²) in [7, 11) is -9.91. The fraction of sp³-hybridized carbons (Fsp3) is 0.947. The highest BCUT2D eigenvalue weighted by atomic mass is 31.2. The molecule has 0 fully saturated rings. The van der Waals surface area contributed by atoms with Gasteiger partial charge in [-0.3, -0.25) is 37.3 Å². The highest BCUT2D eigenvalue weighted by Gasteiger charge is 2.30. The van der Waals surface area contributed by atoms with Crippen molar-refractivity contribution in [1.82, 2.24) is 0 Å². The summed E-state index contributed by atoms with van der Waals surface area (Å²) < 4.78 is 68.4. The lowest BCUT2D eigenvalue weighted by Crippen LogP contribution is -2.30. The Balaban J connectivity index is 5.18. The van der Waals surface area contributed by atoms with Gasteiger partial charge in [-0.15, -0.1) is 0 Å². The second-order valence-corrected chi connectivity index (χ2v) is 31.9. The molecule has 558 valence electrons. The number of aliphatic hydroxyl groups excluding tert-OH is 1. The van der Waals surface area contributed by atoms with Gasteiger partial charge in [-0.2, -0.15) is 0 Å². The summed E-state index contributed by atoms with van der Waals surface area (Å²) in [5.74, 6) is 0.861. The monoisotopic (exact) mass is 1380 g/mol. The molecule has 0 aliphatic heterocycles. The Morgan fingerprint density at radius 1 is 0.266 bits per heavy atom. The molecule has 17 nitrogen and oxygen atoms in total. The maximum Gasteiger partial charge on any atom is 0.472 e. The van der Waals surface area contributed by atoms with Crippen molar-refractivity contribution in [3.05, 3.63) is 0 Å². The average Bonchev–Trinajstić information content (AvgIpc) is 1.52. The first-order valence-electron chi connectivity index (χ1n) is 38.7. The fourth-order valence-electron chi connectivity index (χ4n) is 11.4. The van der Waals surface area contributed by atoms with E-state index in [2.05, 4.69) is 55.4 Å². The topological polar surface area (TPSA) is 237 Å². The van der Waals surface area contributed by atoms with Crippen LogP contribution >= 0.6 is 15.6 Å². The molecule has 0 saturated carbocycles. The zero-order valence-electron chi connectivity index (χ0n) is 61.6. The summed E-state index contributed by atoms with van der Waals surface area (Å²) in [6.07, 6.45) is 48.8. The Morgan fingerprint density at radius 3 is 0.660 bits per heavy atom. The van der Waals surface area contributed by atoms with Crippen LogP contribution in [0.25, 0.3) is 0 Å². The lowest BCUT2D eigenvalue weighted by Gasteiger charge is -2.21. The molecule has 0 aromatic heterocycles. The zero-order valence-corrected chi connectivity index (χ0v) is 63.4. The number of carbonyl (C=O) groups excluding carboxylic acids is 4. The molecular weight excluding hydrogens is 1230 g/mol. The van der Waals surface area contributed by atoms with Crippen LogP contribution in [0.4, 0.5) is 0 Å². The number of esters is 4. The highest BCUT2D eigenvalue weighted by molar-refractivity contribution is 7.47. The number of carbonyl (C=O) groups is 4. The van der Waals surface area contributed by atoms with Crippen LogP contribution in [-0.2, 0) is 65.4 Å². The molecule has 0 heterocycles. The van der Waals surface area contributed by atoms with Crippen molar-refractivity contribution < 1.29 is 80.2 Å². The standard InChI is InChI=1S/C75H146O17P2/c1-65(2)51-43-35-27-21-17-13-11-9-10-12-14-19-23-30-39-47-55-72(77)85-61-70(92-75(80)58-50-42-32-26-25-29-37-45-53-67(5)6)63-89-93(81,82)87-59-69(76)60-88-94(83,84)90-64-71(62-86-73(78)56-48-40-34-33-38-46-54-68(7)8)91-74(79)57-49-41-31-24-20-16-15-18-22-28-36-44-52-66(3)4/h65-71,76H,9-64H2,1-8H3,(H,81,82)(H,83,84)/t69-,70-,71-/m1/s1. The van der Waals surface area contributed by atoms with Crippen molar-refractivity contribution in [2.75, 3.05) is 39.6 Å². The second kappa shape index (κ2) is 64.4. The van der Waals surface area contributed by atoms with Crippen molar-refractivity contribution in [3.63, 3.8) is 0 Å². The van der Waals surface area contributed by atoms with Crippen molar-refractivity contribution in [3.8, 4) is 0 Å². The number of aliphatic hydroxyl groups is 1. The van der Waals surface area contributed by atoms with Gasteiger partial charge >= 0.3 is 39.5 Å². The van der Waals surface area contributed by atoms with Gasteiger partial charge in [-0.25, -0.2) is 9.13 Å². The van der Waals surface area contributed by atoms with E-state index in [1.165, 1.54) is 173 Å². The minimum Gasteiger partial charge on any atom is -0.462 e. The Labute approximate surface area is 575 Å². The van der Waals surface area contributed by atoms with Crippen molar-refractivity contribution >= 4 is 39.5 Å². The molecular formula is C75H146O17P2. The quantitative estimate of drug-likeness (QED) is 0.0222. The van der Waals surface area contributed by atoms with Gasteiger partial charge in [-0.1, -0.05) is 325 Å². The molecule has 94 heavy (non-hydrogen) atoms. The Morgan fingerprint density at radius 2 is 0.447 bits per heavy atom. The molecule has 2 unspecified atom stereocenters. The number of phosphoric ester groups is 2. The molecule has 3 N–H and O–H groups in total. The first-order valence-corrected chi connectivity index (χ1v) is 41.7. The van der Waals surface area contributed by atoms with E-state index >= 15 is 0 Å². The fourth-order valence-corrected chi connectivity index (χ4v) is 13.0. The summed E-state index contributed by atoms with van der Waals surface area (Å²) in [6, 6.07) is 0. The van der Waals surface area contributed by atoms with Crippen LogP contribution in [0.1, 0.15) is 376 Å². The van der Waals surface area contributed by atoms with Crippen LogP contribution < -0.4 is 0 Å². The largest absolute Gasteiger partial charge is 0.472 e. The summed E-state index contributed by atoms with van der Waals surface area (Å²) in [5, 5.41) is 10.6. The molecule has 5 atom stereocenters. The molecule has 0 aromatic carbocycles. The van der Waals surface area contributed by atoms with E-state index < -0.39 is 97.5 Å². The molecule has 0 rings (SSSR count). The van der Waals surface area contributed by atoms with Crippen LogP contribution in [0.2, 0.25) is 0 Å². The van der Waals surface area contributed by atoms with Crippen LogP contribution in [0.15, 0.2) is 0 Å². The maximum atomic E-state index is 13.1. The summed E-state index contributed by atoms with van der Waals surface area (Å²) >= 11 is 0. The molecule has 0 aromatic rings. The number of rotatable bonds is 72. The summed E-state index contributed by atoms with van der Waals surface area (Å²) in [6.45, 7) is 14.1. The maximum absolute atomic E-state index is 13.1. The van der Waals surface area contributed by atoms with Gasteiger partial charge in [0.15, 0.2) is 12.2 Å². The van der Waals surface area contributed by atoms with E-state index in [0.29, 0.717) is 31.6 Å². The Bertz CT molecular complexity index is 1850. The van der Waals surface area contributed by atoms with Gasteiger partial charge in [0.2, 0.25) is 0 Å².